The molecular weight excluding hydrogens is 496 g/mol. The Morgan fingerprint density at radius 3 is 2.33 bits per heavy atom. The molecule has 1 aliphatic carbocycles. The number of nitrogens with zero attached hydrogens (tertiary/aromatic N) is 1. The highest BCUT2D eigenvalue weighted by Gasteiger charge is 2.44. The van der Waals surface area contributed by atoms with Crippen molar-refractivity contribution in [3.8, 4) is 0 Å². The van der Waals surface area contributed by atoms with Crippen LogP contribution in [0.1, 0.15) is 45.6 Å². The summed E-state index contributed by atoms with van der Waals surface area (Å²) in [4.78, 5) is 27.4. The number of aromatic nitrogens is 1. The number of ether oxygens (including phenoxy) is 1. The lowest BCUT2D eigenvalue weighted by atomic mass is 9.78. The van der Waals surface area contributed by atoms with Crippen molar-refractivity contribution in [3.05, 3.63) is 136 Å². The van der Waals surface area contributed by atoms with Gasteiger partial charge in [-0.1, -0.05) is 84.9 Å². The van der Waals surface area contributed by atoms with Crippen molar-refractivity contribution in [2.24, 2.45) is 0 Å². The largest absolute Gasteiger partial charge is 0.466 e. The van der Waals surface area contributed by atoms with Gasteiger partial charge in [0.1, 0.15) is 0 Å². The molecule has 40 heavy (non-hydrogen) atoms. The third kappa shape index (κ3) is 3.40. The Morgan fingerprint density at radius 1 is 0.850 bits per heavy atom. The van der Waals surface area contributed by atoms with Crippen molar-refractivity contribution in [3.63, 3.8) is 0 Å². The number of fused-ring (bicyclic) bond motifs is 4. The molecule has 1 aliphatic heterocycles. The zero-order chi connectivity index (χ0) is 27.5. The lowest BCUT2D eigenvalue weighted by Crippen LogP contribution is -2.29. The van der Waals surface area contributed by atoms with Crippen LogP contribution in [0.15, 0.2) is 108 Å². The van der Waals surface area contributed by atoms with Crippen LogP contribution in [0.2, 0.25) is 0 Å². The number of ketones is 1. The minimum absolute atomic E-state index is 0.0534. The molecule has 4 aromatic carbocycles. The lowest BCUT2D eigenvalue weighted by molar-refractivity contribution is -0.136. The summed E-state index contributed by atoms with van der Waals surface area (Å²) < 4.78 is 7.61. The number of methoxy groups -OCH3 is 1. The van der Waals surface area contributed by atoms with E-state index < -0.39 is 11.9 Å². The minimum atomic E-state index is -0.567. The third-order valence-electron chi connectivity index (χ3n) is 8.43. The number of esters is 1. The number of carbonyl (C=O) groups is 2. The Morgan fingerprint density at radius 2 is 1.52 bits per heavy atom. The highest BCUT2D eigenvalue weighted by Crippen LogP contribution is 2.49. The molecule has 1 aromatic heterocycles. The van der Waals surface area contributed by atoms with Crippen LogP contribution in [0.25, 0.3) is 27.4 Å². The maximum Gasteiger partial charge on any atom is 0.336 e. The maximum atomic E-state index is 14.0. The number of Topliss-reactive ketones (excluding diaryl/α,β-unsaturated/α-hetero) is 1. The van der Waals surface area contributed by atoms with E-state index in [0.717, 1.165) is 33.4 Å². The number of hydrogen-bond donors (Lipinski definition) is 1. The van der Waals surface area contributed by atoms with E-state index in [2.05, 4.69) is 71.4 Å². The average Bonchev–Trinajstić information content (AvgIpc) is 3.42. The number of carbonyl (C=O) groups excluding carboxylic acids is 2. The van der Waals surface area contributed by atoms with Crippen LogP contribution in [0.4, 0.5) is 0 Å². The van der Waals surface area contributed by atoms with Gasteiger partial charge in [0, 0.05) is 45.5 Å². The highest BCUT2D eigenvalue weighted by molar-refractivity contribution is 6.23. The zero-order valence-electron chi connectivity index (χ0n) is 22.6. The Bertz CT molecular complexity index is 1950. The van der Waals surface area contributed by atoms with Gasteiger partial charge in [-0.05, 0) is 41.8 Å². The molecule has 0 radical (unpaired) electrons. The molecular formula is C35H28N2O3. The Labute approximate surface area is 232 Å². The molecule has 0 spiro atoms. The normalized spacial score (nSPS) is 16.4. The van der Waals surface area contributed by atoms with Crippen LogP contribution in [0, 0.1) is 6.92 Å². The molecule has 2 heterocycles. The van der Waals surface area contributed by atoms with Crippen LogP contribution in [0.5, 0.6) is 0 Å². The van der Waals surface area contributed by atoms with Gasteiger partial charge in [-0.15, -0.1) is 0 Å². The monoisotopic (exact) mass is 524 g/mol. The molecule has 0 fully saturated rings. The van der Waals surface area contributed by atoms with Crippen molar-refractivity contribution in [2.75, 3.05) is 7.11 Å². The van der Waals surface area contributed by atoms with Gasteiger partial charge in [0.25, 0.3) is 0 Å². The SMILES string of the molecule is COC(=O)C1=C(C)NC2=C(C(=O)c3ccccc32)[C@@H]1c1c(C)n(Cc2cccc3ccccc23)c2ccccc12. The summed E-state index contributed by atoms with van der Waals surface area (Å²) in [7, 11) is 1.39. The number of nitrogens with one attached hydrogen (secondary N) is 1. The van der Waals surface area contributed by atoms with E-state index in [0.29, 0.717) is 29.0 Å². The van der Waals surface area contributed by atoms with Crippen molar-refractivity contribution < 1.29 is 14.3 Å². The summed E-state index contributed by atoms with van der Waals surface area (Å²) in [5, 5.41) is 6.83. The van der Waals surface area contributed by atoms with Gasteiger partial charge in [0.05, 0.1) is 24.3 Å². The summed E-state index contributed by atoms with van der Waals surface area (Å²) in [6.45, 7) is 4.65. The average molecular weight is 525 g/mol. The lowest BCUT2D eigenvalue weighted by Gasteiger charge is -2.29. The molecule has 0 amide bonds. The highest BCUT2D eigenvalue weighted by atomic mass is 16.5. The summed E-state index contributed by atoms with van der Waals surface area (Å²) in [6, 6.07) is 30.7. The topological polar surface area (TPSA) is 60.3 Å². The molecule has 0 unspecified atom stereocenters. The van der Waals surface area contributed by atoms with Gasteiger partial charge >= 0.3 is 5.97 Å². The van der Waals surface area contributed by atoms with Gasteiger partial charge in [0.15, 0.2) is 5.78 Å². The van der Waals surface area contributed by atoms with Gasteiger partial charge in [-0.25, -0.2) is 4.79 Å². The predicted octanol–water partition coefficient (Wildman–Crippen LogP) is 6.89. The summed E-state index contributed by atoms with van der Waals surface area (Å²) in [5.41, 5.74) is 8.33. The molecule has 5 nitrogen and oxygen atoms in total. The van der Waals surface area contributed by atoms with Crippen molar-refractivity contribution in [1.29, 1.82) is 0 Å². The van der Waals surface area contributed by atoms with E-state index in [9.17, 15) is 9.59 Å². The minimum Gasteiger partial charge on any atom is -0.466 e. The van der Waals surface area contributed by atoms with Gasteiger partial charge in [-0.2, -0.15) is 0 Å². The fraction of sp³-hybridized carbons (Fsp3) is 0.143. The molecule has 196 valence electrons. The van der Waals surface area contributed by atoms with Gasteiger partial charge < -0.3 is 14.6 Å². The molecule has 0 saturated carbocycles. The number of hydrogen-bond acceptors (Lipinski definition) is 4. The molecule has 0 saturated heterocycles. The Balaban J connectivity index is 1.49. The molecule has 5 aromatic rings. The molecule has 5 heteroatoms. The molecule has 2 aliphatic rings. The number of benzene rings is 4. The number of para-hydroxylation sites is 1. The van der Waals surface area contributed by atoms with Gasteiger partial charge in [0.2, 0.25) is 0 Å². The van der Waals surface area contributed by atoms with E-state index in [1.54, 1.807) is 0 Å². The Hall–Kier alpha value is -4.90. The number of dihydropyridines is 1. The fourth-order valence-corrected chi connectivity index (χ4v) is 6.62. The standard InChI is InChI=1S/C35H28N2O3/c1-20-29(35(39)40-3)31(32-33(36-20)25-15-6-7-16-26(25)34(32)38)30-21(2)37(28-18-9-8-17-27(28)30)19-23-13-10-12-22-11-4-5-14-24(22)23/h4-18,31,36H,19H2,1-3H3/t31-/m0/s1. The van der Waals surface area contributed by atoms with E-state index in [1.807, 2.05) is 43.3 Å². The van der Waals surface area contributed by atoms with E-state index in [1.165, 1.54) is 23.4 Å². The molecule has 1 atom stereocenters. The smallest absolute Gasteiger partial charge is 0.336 e. The first-order valence-corrected chi connectivity index (χ1v) is 13.5. The summed E-state index contributed by atoms with van der Waals surface area (Å²) >= 11 is 0. The van der Waals surface area contributed by atoms with Crippen molar-refractivity contribution in [2.45, 2.75) is 26.3 Å². The van der Waals surface area contributed by atoms with Crippen LogP contribution in [0.3, 0.4) is 0 Å². The second-order valence-electron chi connectivity index (χ2n) is 10.5. The van der Waals surface area contributed by atoms with E-state index >= 15 is 0 Å². The quantitative estimate of drug-likeness (QED) is 0.260. The maximum absolute atomic E-state index is 14.0. The first kappa shape index (κ1) is 24.2. The predicted molar refractivity (Wildman–Crippen MR) is 158 cm³/mol. The van der Waals surface area contributed by atoms with Crippen LogP contribution in [-0.2, 0) is 16.1 Å². The van der Waals surface area contributed by atoms with Crippen molar-refractivity contribution in [1.82, 2.24) is 9.88 Å². The van der Waals surface area contributed by atoms with E-state index in [4.69, 9.17) is 4.74 Å². The van der Waals surface area contributed by atoms with Crippen LogP contribution < -0.4 is 5.32 Å². The summed E-state index contributed by atoms with van der Waals surface area (Å²) in [6.07, 6.45) is 0. The second-order valence-corrected chi connectivity index (χ2v) is 10.5. The third-order valence-corrected chi connectivity index (χ3v) is 8.43. The summed E-state index contributed by atoms with van der Waals surface area (Å²) in [5.74, 6) is -1.06. The second kappa shape index (κ2) is 9.09. The fourth-order valence-electron chi connectivity index (χ4n) is 6.62. The first-order valence-electron chi connectivity index (χ1n) is 13.5. The zero-order valence-corrected chi connectivity index (χ0v) is 22.6. The van der Waals surface area contributed by atoms with Crippen molar-refractivity contribution >= 4 is 39.1 Å². The van der Waals surface area contributed by atoms with Gasteiger partial charge in [-0.3, -0.25) is 4.79 Å². The number of allylic oxidation sites excluding steroid dienone is 2. The molecule has 0 bridgehead atoms. The van der Waals surface area contributed by atoms with E-state index in [-0.39, 0.29) is 5.78 Å². The molecule has 1 N–H and O–H groups in total. The Kier molecular flexibility index (Phi) is 5.49. The number of rotatable bonds is 4. The molecule has 7 rings (SSSR count). The van der Waals surface area contributed by atoms with Crippen LogP contribution in [-0.4, -0.2) is 23.4 Å². The van der Waals surface area contributed by atoms with Crippen LogP contribution >= 0.6 is 0 Å². The first-order chi connectivity index (χ1) is 19.5.